The van der Waals surface area contributed by atoms with E-state index in [0.717, 1.165) is 37.4 Å². The van der Waals surface area contributed by atoms with E-state index in [2.05, 4.69) is 16.6 Å². The number of aryl methyl sites for hydroxylation is 1. The molecule has 90 valence electrons. The van der Waals surface area contributed by atoms with Gasteiger partial charge >= 0.3 is 0 Å². The summed E-state index contributed by atoms with van der Waals surface area (Å²) in [5.41, 5.74) is 1.20. The van der Waals surface area contributed by atoms with Gasteiger partial charge in [-0.25, -0.2) is 0 Å². The molecule has 1 N–H and O–H groups in total. The van der Waals surface area contributed by atoms with Gasteiger partial charge in [0.2, 0.25) is 0 Å². The van der Waals surface area contributed by atoms with Gasteiger partial charge in [-0.2, -0.15) is 5.10 Å². The minimum absolute atomic E-state index is 0.550. The standard InChI is InChI=1S/C11H19N3OS/c1-10-8-13-14(9-10)5-4-12-11-2-6-16(15)7-3-11/h8-9,11-12H,2-7H2,1H3. The van der Waals surface area contributed by atoms with Crippen LogP contribution in [0, 0.1) is 6.92 Å². The summed E-state index contributed by atoms with van der Waals surface area (Å²) in [6, 6.07) is 0.550. The number of nitrogens with zero attached hydrogens (tertiary/aromatic N) is 2. The number of aromatic nitrogens is 2. The molecule has 0 unspecified atom stereocenters. The van der Waals surface area contributed by atoms with E-state index in [9.17, 15) is 4.21 Å². The van der Waals surface area contributed by atoms with Crippen molar-refractivity contribution in [1.82, 2.24) is 15.1 Å². The van der Waals surface area contributed by atoms with Gasteiger partial charge in [0.15, 0.2) is 0 Å². The summed E-state index contributed by atoms with van der Waals surface area (Å²) in [4.78, 5) is 0. The van der Waals surface area contributed by atoms with Crippen LogP contribution in [0.15, 0.2) is 12.4 Å². The van der Waals surface area contributed by atoms with Gasteiger partial charge in [0, 0.05) is 41.1 Å². The molecule has 5 heteroatoms. The quantitative estimate of drug-likeness (QED) is 0.844. The van der Waals surface area contributed by atoms with Crippen LogP contribution in [-0.2, 0) is 17.3 Å². The van der Waals surface area contributed by atoms with Crippen molar-refractivity contribution in [3.8, 4) is 0 Å². The summed E-state index contributed by atoms with van der Waals surface area (Å²) in [6.45, 7) is 3.90. The molecule has 0 aliphatic carbocycles. The first-order chi connectivity index (χ1) is 7.74. The van der Waals surface area contributed by atoms with Crippen molar-refractivity contribution >= 4 is 10.8 Å². The Hall–Kier alpha value is -0.680. The molecular weight excluding hydrogens is 222 g/mol. The van der Waals surface area contributed by atoms with Crippen molar-refractivity contribution in [1.29, 1.82) is 0 Å². The first-order valence-corrected chi connectivity index (χ1v) is 7.30. The first-order valence-electron chi connectivity index (χ1n) is 5.81. The van der Waals surface area contributed by atoms with Crippen LogP contribution in [0.4, 0.5) is 0 Å². The van der Waals surface area contributed by atoms with Gasteiger partial charge in [-0.05, 0) is 25.3 Å². The van der Waals surface area contributed by atoms with Gasteiger partial charge in [-0.1, -0.05) is 0 Å². The zero-order chi connectivity index (χ0) is 11.4. The Kier molecular flexibility index (Phi) is 4.12. The van der Waals surface area contributed by atoms with Gasteiger partial charge in [0.1, 0.15) is 0 Å². The molecular formula is C11H19N3OS. The third-order valence-electron chi connectivity index (χ3n) is 2.92. The summed E-state index contributed by atoms with van der Waals surface area (Å²) in [5.74, 6) is 1.72. The van der Waals surface area contributed by atoms with Crippen molar-refractivity contribution in [3.05, 3.63) is 18.0 Å². The molecule has 1 aromatic rings. The van der Waals surface area contributed by atoms with Gasteiger partial charge in [0.25, 0.3) is 0 Å². The zero-order valence-electron chi connectivity index (χ0n) is 9.69. The highest BCUT2D eigenvalue weighted by molar-refractivity contribution is 7.85. The van der Waals surface area contributed by atoms with Crippen LogP contribution in [0.25, 0.3) is 0 Å². The van der Waals surface area contributed by atoms with E-state index in [1.165, 1.54) is 5.56 Å². The third kappa shape index (κ3) is 3.42. The van der Waals surface area contributed by atoms with Crippen molar-refractivity contribution in [2.24, 2.45) is 0 Å². The zero-order valence-corrected chi connectivity index (χ0v) is 10.5. The Morgan fingerprint density at radius 3 is 2.94 bits per heavy atom. The lowest BCUT2D eigenvalue weighted by Crippen LogP contribution is -2.37. The van der Waals surface area contributed by atoms with Gasteiger partial charge in [-0.3, -0.25) is 8.89 Å². The maximum absolute atomic E-state index is 11.2. The van der Waals surface area contributed by atoms with Crippen LogP contribution in [-0.4, -0.2) is 38.1 Å². The average molecular weight is 241 g/mol. The van der Waals surface area contributed by atoms with Gasteiger partial charge in [0.05, 0.1) is 12.7 Å². The monoisotopic (exact) mass is 241 g/mol. The number of nitrogens with one attached hydrogen (secondary N) is 1. The van der Waals surface area contributed by atoms with Crippen molar-refractivity contribution in [2.75, 3.05) is 18.1 Å². The molecule has 1 aliphatic rings. The molecule has 0 radical (unpaired) electrons. The summed E-state index contributed by atoms with van der Waals surface area (Å²) in [6.07, 6.45) is 6.02. The molecule has 0 aromatic carbocycles. The van der Waals surface area contributed by atoms with Crippen LogP contribution in [0.1, 0.15) is 18.4 Å². The molecule has 2 rings (SSSR count). The average Bonchev–Trinajstić information content (AvgIpc) is 2.67. The van der Waals surface area contributed by atoms with Crippen LogP contribution >= 0.6 is 0 Å². The third-order valence-corrected chi connectivity index (χ3v) is 4.31. The van der Waals surface area contributed by atoms with Crippen LogP contribution in [0.3, 0.4) is 0 Å². The first kappa shape index (κ1) is 11.8. The predicted octanol–water partition coefficient (Wildman–Crippen LogP) is 0.692. The maximum Gasteiger partial charge on any atom is 0.0534 e. The highest BCUT2D eigenvalue weighted by atomic mass is 32.2. The van der Waals surface area contributed by atoms with E-state index < -0.39 is 10.8 Å². The molecule has 0 atom stereocenters. The van der Waals surface area contributed by atoms with E-state index in [0.29, 0.717) is 6.04 Å². The lowest BCUT2D eigenvalue weighted by Gasteiger charge is -2.22. The SMILES string of the molecule is Cc1cnn(CCNC2CCS(=O)CC2)c1. The normalized spacial score (nSPS) is 25.8. The smallest absolute Gasteiger partial charge is 0.0534 e. The van der Waals surface area contributed by atoms with Crippen molar-refractivity contribution < 1.29 is 4.21 Å². The van der Waals surface area contributed by atoms with E-state index >= 15 is 0 Å². The maximum atomic E-state index is 11.2. The number of rotatable bonds is 4. The molecule has 4 nitrogen and oxygen atoms in total. The molecule has 1 aromatic heterocycles. The summed E-state index contributed by atoms with van der Waals surface area (Å²) >= 11 is 0. The summed E-state index contributed by atoms with van der Waals surface area (Å²) in [7, 11) is -0.557. The molecule has 0 spiro atoms. The lowest BCUT2D eigenvalue weighted by molar-refractivity contribution is 0.449. The second-order valence-corrected chi connectivity index (χ2v) is 6.05. The van der Waals surface area contributed by atoms with E-state index in [1.807, 2.05) is 17.8 Å². The minimum Gasteiger partial charge on any atom is -0.312 e. The molecule has 0 amide bonds. The van der Waals surface area contributed by atoms with E-state index in [4.69, 9.17) is 0 Å². The Balaban J connectivity index is 1.66. The highest BCUT2D eigenvalue weighted by Gasteiger charge is 2.16. The Morgan fingerprint density at radius 1 is 1.56 bits per heavy atom. The fourth-order valence-electron chi connectivity index (χ4n) is 1.97. The molecule has 0 saturated carbocycles. The van der Waals surface area contributed by atoms with Crippen molar-refractivity contribution in [2.45, 2.75) is 32.4 Å². The summed E-state index contributed by atoms with van der Waals surface area (Å²) < 4.78 is 13.1. The summed E-state index contributed by atoms with van der Waals surface area (Å²) in [5, 5.41) is 7.74. The minimum atomic E-state index is -0.557. The molecule has 16 heavy (non-hydrogen) atoms. The molecule has 1 aliphatic heterocycles. The fraction of sp³-hybridized carbons (Fsp3) is 0.727. The van der Waals surface area contributed by atoms with Crippen LogP contribution < -0.4 is 5.32 Å². The topological polar surface area (TPSA) is 46.9 Å². The largest absolute Gasteiger partial charge is 0.312 e. The Bertz CT molecular complexity index is 354. The van der Waals surface area contributed by atoms with Crippen molar-refractivity contribution in [3.63, 3.8) is 0 Å². The number of hydrogen-bond donors (Lipinski definition) is 1. The van der Waals surface area contributed by atoms with Crippen LogP contribution in [0.2, 0.25) is 0 Å². The second kappa shape index (κ2) is 5.59. The predicted molar refractivity (Wildman–Crippen MR) is 65.9 cm³/mol. The molecule has 1 saturated heterocycles. The molecule has 2 heterocycles. The van der Waals surface area contributed by atoms with Gasteiger partial charge < -0.3 is 5.32 Å². The second-order valence-electron chi connectivity index (χ2n) is 4.36. The van der Waals surface area contributed by atoms with E-state index in [1.54, 1.807) is 0 Å². The number of hydrogen-bond acceptors (Lipinski definition) is 3. The fourth-order valence-corrected chi connectivity index (χ4v) is 3.27. The van der Waals surface area contributed by atoms with Gasteiger partial charge in [-0.15, -0.1) is 0 Å². The molecule has 1 fully saturated rings. The molecule has 0 bridgehead atoms. The van der Waals surface area contributed by atoms with E-state index in [-0.39, 0.29) is 0 Å². The Morgan fingerprint density at radius 2 is 2.31 bits per heavy atom. The highest BCUT2D eigenvalue weighted by Crippen LogP contribution is 2.08. The Labute approximate surface area is 98.9 Å². The lowest BCUT2D eigenvalue weighted by atomic mass is 10.1. The van der Waals surface area contributed by atoms with Crippen LogP contribution in [0.5, 0.6) is 0 Å².